The first kappa shape index (κ1) is 14.5. The third-order valence-electron chi connectivity index (χ3n) is 5.40. The number of fused-ring (bicyclic) bond motifs is 3. The minimum absolute atomic E-state index is 0.155. The highest BCUT2D eigenvalue weighted by atomic mass is 16.2. The lowest BCUT2D eigenvalue weighted by Crippen LogP contribution is -2.47. The van der Waals surface area contributed by atoms with Gasteiger partial charge in [-0.25, -0.2) is 4.98 Å². The number of piperidine rings is 1. The smallest absolute Gasteiger partial charge is 0.249 e. The van der Waals surface area contributed by atoms with Crippen LogP contribution in [0.25, 0.3) is 11.0 Å². The molecule has 23 heavy (non-hydrogen) atoms. The number of H-pyrrole nitrogens is 1. The van der Waals surface area contributed by atoms with E-state index in [-0.39, 0.29) is 5.91 Å². The molecule has 2 saturated heterocycles. The summed E-state index contributed by atoms with van der Waals surface area (Å²) < 4.78 is 0. The maximum absolute atomic E-state index is 12.4. The molecule has 1 amide bonds. The van der Waals surface area contributed by atoms with Crippen LogP contribution in [0.4, 0.5) is 0 Å². The summed E-state index contributed by atoms with van der Waals surface area (Å²) in [6.45, 7) is 5.66. The number of amides is 1. The SMILES string of the molecule is C=C(C)C(=O)N1C2CCC1CC(Cc1ccc3cc[nH]c3n1)C2. The topological polar surface area (TPSA) is 49.0 Å². The van der Waals surface area contributed by atoms with Gasteiger partial charge in [0.05, 0.1) is 0 Å². The Morgan fingerprint density at radius 3 is 2.74 bits per heavy atom. The number of nitrogens with zero attached hydrogens (tertiary/aromatic N) is 2. The number of nitrogens with one attached hydrogen (secondary N) is 1. The first-order valence-electron chi connectivity index (χ1n) is 8.53. The monoisotopic (exact) mass is 309 g/mol. The lowest BCUT2D eigenvalue weighted by Gasteiger charge is -2.39. The molecule has 0 aromatic carbocycles. The highest BCUT2D eigenvalue weighted by Gasteiger charge is 2.43. The molecule has 4 heterocycles. The normalized spacial score (nSPS) is 26.7. The number of aromatic amines is 1. The molecule has 0 saturated carbocycles. The van der Waals surface area contributed by atoms with Crippen molar-refractivity contribution in [2.24, 2.45) is 5.92 Å². The van der Waals surface area contributed by atoms with Crippen molar-refractivity contribution < 1.29 is 4.79 Å². The van der Waals surface area contributed by atoms with E-state index in [1.165, 1.54) is 0 Å². The number of rotatable bonds is 3. The Balaban J connectivity index is 1.48. The summed E-state index contributed by atoms with van der Waals surface area (Å²) in [7, 11) is 0. The molecule has 2 fully saturated rings. The number of carbonyl (C=O) groups is 1. The van der Waals surface area contributed by atoms with Crippen LogP contribution in [0.2, 0.25) is 0 Å². The predicted molar refractivity (Wildman–Crippen MR) is 91.0 cm³/mol. The molecule has 4 nitrogen and oxygen atoms in total. The van der Waals surface area contributed by atoms with Crippen molar-refractivity contribution in [3.63, 3.8) is 0 Å². The molecule has 2 aliphatic rings. The van der Waals surface area contributed by atoms with Gasteiger partial charge in [-0.2, -0.15) is 0 Å². The highest BCUT2D eigenvalue weighted by molar-refractivity contribution is 5.93. The fourth-order valence-corrected chi connectivity index (χ4v) is 4.39. The van der Waals surface area contributed by atoms with E-state index in [1.54, 1.807) is 0 Å². The number of carbonyl (C=O) groups excluding carboxylic acids is 1. The van der Waals surface area contributed by atoms with Crippen LogP contribution in [0.1, 0.15) is 38.3 Å². The van der Waals surface area contributed by atoms with Gasteiger partial charge >= 0.3 is 0 Å². The van der Waals surface area contributed by atoms with E-state index in [9.17, 15) is 4.79 Å². The number of aromatic nitrogens is 2. The van der Waals surface area contributed by atoms with Crippen molar-refractivity contribution in [1.29, 1.82) is 0 Å². The summed E-state index contributed by atoms with van der Waals surface area (Å²) in [5, 5.41) is 1.16. The van der Waals surface area contributed by atoms with E-state index in [0.29, 0.717) is 23.6 Å². The highest BCUT2D eigenvalue weighted by Crippen LogP contribution is 2.40. The van der Waals surface area contributed by atoms with Crippen molar-refractivity contribution in [1.82, 2.24) is 14.9 Å². The maximum Gasteiger partial charge on any atom is 0.249 e. The average Bonchev–Trinajstić information content (AvgIpc) is 3.08. The van der Waals surface area contributed by atoms with Gasteiger partial charge in [-0.1, -0.05) is 6.58 Å². The molecule has 120 valence electrons. The molecule has 2 aliphatic heterocycles. The molecule has 2 bridgehead atoms. The molecule has 2 unspecified atom stereocenters. The molecule has 4 rings (SSSR count). The molecule has 1 N–H and O–H groups in total. The Morgan fingerprint density at radius 1 is 1.30 bits per heavy atom. The van der Waals surface area contributed by atoms with Crippen LogP contribution in [0.15, 0.2) is 36.5 Å². The van der Waals surface area contributed by atoms with E-state index < -0.39 is 0 Å². The van der Waals surface area contributed by atoms with Crippen LogP contribution >= 0.6 is 0 Å². The quantitative estimate of drug-likeness (QED) is 0.883. The molecule has 2 aromatic heterocycles. The zero-order valence-electron chi connectivity index (χ0n) is 13.6. The first-order chi connectivity index (χ1) is 11.1. The third kappa shape index (κ3) is 2.56. The predicted octanol–water partition coefficient (Wildman–Crippen LogP) is 3.45. The van der Waals surface area contributed by atoms with Gasteiger partial charge in [0.1, 0.15) is 5.65 Å². The number of pyridine rings is 1. The minimum atomic E-state index is 0.155. The van der Waals surface area contributed by atoms with E-state index >= 15 is 0 Å². The average molecular weight is 309 g/mol. The second-order valence-corrected chi connectivity index (χ2v) is 7.14. The molecular weight excluding hydrogens is 286 g/mol. The Labute approximate surface area is 136 Å². The van der Waals surface area contributed by atoms with Crippen molar-refractivity contribution >= 4 is 16.9 Å². The lowest BCUT2D eigenvalue weighted by atomic mass is 9.86. The molecule has 4 heteroatoms. The van der Waals surface area contributed by atoms with Gasteiger partial charge in [0.15, 0.2) is 0 Å². The molecular formula is C19H23N3O. The summed E-state index contributed by atoms with van der Waals surface area (Å²) in [5.41, 5.74) is 2.80. The van der Waals surface area contributed by atoms with Gasteiger partial charge in [0.2, 0.25) is 5.91 Å². The van der Waals surface area contributed by atoms with Gasteiger partial charge in [-0.15, -0.1) is 0 Å². The zero-order valence-corrected chi connectivity index (χ0v) is 13.6. The van der Waals surface area contributed by atoms with Crippen LogP contribution in [0.3, 0.4) is 0 Å². The Kier molecular flexibility index (Phi) is 3.47. The Morgan fingerprint density at radius 2 is 2.04 bits per heavy atom. The van der Waals surface area contributed by atoms with Gasteiger partial charge < -0.3 is 9.88 Å². The first-order valence-corrected chi connectivity index (χ1v) is 8.53. The summed E-state index contributed by atoms with van der Waals surface area (Å²) in [6, 6.07) is 7.13. The van der Waals surface area contributed by atoms with Crippen LogP contribution in [0.5, 0.6) is 0 Å². The van der Waals surface area contributed by atoms with Crippen LogP contribution in [-0.2, 0) is 11.2 Å². The second-order valence-electron chi connectivity index (χ2n) is 7.14. The van der Waals surface area contributed by atoms with Gasteiger partial charge in [-0.05, 0) is 63.1 Å². The Hall–Kier alpha value is -2.10. The maximum atomic E-state index is 12.4. The molecule has 2 atom stereocenters. The fourth-order valence-electron chi connectivity index (χ4n) is 4.39. The summed E-state index contributed by atoms with van der Waals surface area (Å²) >= 11 is 0. The zero-order chi connectivity index (χ0) is 16.0. The van der Waals surface area contributed by atoms with Gasteiger partial charge in [-0.3, -0.25) is 4.79 Å². The minimum Gasteiger partial charge on any atom is -0.346 e. The second kappa shape index (κ2) is 5.52. The largest absolute Gasteiger partial charge is 0.346 e. The number of hydrogen-bond donors (Lipinski definition) is 1. The van der Waals surface area contributed by atoms with Crippen molar-refractivity contribution in [2.45, 2.75) is 51.1 Å². The van der Waals surface area contributed by atoms with Crippen LogP contribution < -0.4 is 0 Å². The summed E-state index contributed by atoms with van der Waals surface area (Å²) in [6.07, 6.45) is 7.42. The lowest BCUT2D eigenvalue weighted by molar-refractivity contribution is -0.132. The Bertz CT molecular complexity index is 749. The molecule has 0 aliphatic carbocycles. The fraction of sp³-hybridized carbons (Fsp3) is 0.474. The third-order valence-corrected chi connectivity index (χ3v) is 5.40. The molecule has 2 aromatic rings. The standard InChI is InChI=1S/C19H23N3O/c1-12(2)19(23)22-16-5-6-17(22)11-13(10-16)9-15-4-3-14-7-8-20-18(14)21-15/h3-4,7-8,13,16-17H,1,5-6,9-11H2,2H3,(H,20,21). The molecule has 0 radical (unpaired) electrons. The van der Waals surface area contributed by atoms with Crippen LogP contribution in [0, 0.1) is 5.92 Å². The number of hydrogen-bond acceptors (Lipinski definition) is 2. The van der Waals surface area contributed by atoms with Crippen molar-refractivity contribution in [3.05, 3.63) is 42.2 Å². The van der Waals surface area contributed by atoms with E-state index in [1.807, 2.05) is 19.2 Å². The molecule has 0 spiro atoms. The van der Waals surface area contributed by atoms with E-state index in [4.69, 9.17) is 4.98 Å². The summed E-state index contributed by atoms with van der Waals surface area (Å²) in [5.74, 6) is 0.781. The van der Waals surface area contributed by atoms with Gasteiger partial charge in [0.25, 0.3) is 0 Å². The van der Waals surface area contributed by atoms with Crippen molar-refractivity contribution in [2.75, 3.05) is 0 Å². The van der Waals surface area contributed by atoms with E-state index in [0.717, 1.165) is 48.8 Å². The van der Waals surface area contributed by atoms with Crippen molar-refractivity contribution in [3.8, 4) is 0 Å². The van der Waals surface area contributed by atoms with Gasteiger partial charge in [0, 0.05) is 34.9 Å². The van der Waals surface area contributed by atoms with Crippen LogP contribution in [-0.4, -0.2) is 32.9 Å². The van der Waals surface area contributed by atoms with E-state index in [2.05, 4.69) is 28.6 Å². The summed E-state index contributed by atoms with van der Waals surface area (Å²) in [4.78, 5) is 22.4.